The normalized spacial score (nSPS) is 18.7. The van der Waals surface area contributed by atoms with Crippen LogP contribution in [0.1, 0.15) is 32.6 Å². The molecule has 0 radical (unpaired) electrons. The van der Waals surface area contributed by atoms with E-state index in [0.29, 0.717) is 5.95 Å². The second-order valence-corrected chi connectivity index (χ2v) is 6.49. The third kappa shape index (κ3) is 3.38. The second-order valence-electron chi connectivity index (χ2n) is 5.64. The summed E-state index contributed by atoms with van der Waals surface area (Å²) in [5.41, 5.74) is 0. The summed E-state index contributed by atoms with van der Waals surface area (Å²) in [6, 6.07) is 0. The molecular weight excluding hydrogens is 304 g/mol. The van der Waals surface area contributed by atoms with E-state index < -0.39 is 0 Å². The molecule has 0 bridgehead atoms. The fourth-order valence-electron chi connectivity index (χ4n) is 2.72. The van der Waals surface area contributed by atoms with Gasteiger partial charge >= 0.3 is 0 Å². The van der Waals surface area contributed by atoms with Crippen molar-refractivity contribution in [1.82, 2.24) is 9.97 Å². The monoisotopic (exact) mass is 324 g/mol. The van der Waals surface area contributed by atoms with Crippen LogP contribution in [0.25, 0.3) is 0 Å². The molecule has 0 atom stereocenters. The van der Waals surface area contributed by atoms with Crippen LogP contribution >= 0.6 is 15.9 Å². The summed E-state index contributed by atoms with van der Waals surface area (Å²) in [4.78, 5) is 8.75. The predicted octanol–water partition coefficient (Wildman–Crippen LogP) is 3.52. The maximum absolute atomic E-state index is 4.51. The highest BCUT2D eigenvalue weighted by molar-refractivity contribution is 9.10. The van der Waals surface area contributed by atoms with Gasteiger partial charge in [-0.3, -0.25) is 0 Å². The maximum atomic E-state index is 4.51. The van der Waals surface area contributed by atoms with E-state index in [1.54, 1.807) is 0 Å². The van der Waals surface area contributed by atoms with E-state index in [1.807, 2.05) is 6.20 Å². The van der Waals surface area contributed by atoms with Gasteiger partial charge in [0.15, 0.2) is 0 Å². The average Bonchev–Trinajstić information content (AvgIpc) is 3.27. The van der Waals surface area contributed by atoms with Gasteiger partial charge in [-0.25, -0.2) is 4.98 Å². The summed E-state index contributed by atoms with van der Waals surface area (Å²) >= 11 is 3.52. The molecule has 0 aliphatic heterocycles. The summed E-state index contributed by atoms with van der Waals surface area (Å²) in [5.74, 6) is 4.40. The standard InChI is InChI=1S/C14H21BrN4/c1-2-16-14-18-8-12(15)13(19-14)17-7-11(9-3-4-9)10-5-6-10/h8-11H,2-7H2,1H3,(H2,16,17,18,19). The van der Waals surface area contributed by atoms with E-state index in [2.05, 4.69) is 43.5 Å². The first-order valence-corrected chi connectivity index (χ1v) is 8.07. The number of hydrogen-bond donors (Lipinski definition) is 2. The number of nitrogens with zero attached hydrogens (tertiary/aromatic N) is 2. The fourth-order valence-corrected chi connectivity index (χ4v) is 3.05. The molecule has 2 N–H and O–H groups in total. The Labute approximate surface area is 122 Å². The molecule has 0 spiro atoms. The quantitative estimate of drug-likeness (QED) is 0.805. The molecule has 2 fully saturated rings. The lowest BCUT2D eigenvalue weighted by molar-refractivity contribution is 0.427. The summed E-state index contributed by atoms with van der Waals surface area (Å²) in [7, 11) is 0. The molecule has 2 aliphatic rings. The molecule has 5 heteroatoms. The van der Waals surface area contributed by atoms with Gasteiger partial charge < -0.3 is 10.6 Å². The molecule has 0 saturated heterocycles. The van der Waals surface area contributed by atoms with Crippen LogP contribution < -0.4 is 10.6 Å². The zero-order chi connectivity index (χ0) is 13.2. The van der Waals surface area contributed by atoms with Gasteiger partial charge in [-0.05, 0) is 66.3 Å². The SMILES string of the molecule is CCNc1ncc(Br)c(NCC(C2CC2)C2CC2)n1. The highest BCUT2D eigenvalue weighted by Crippen LogP contribution is 2.49. The van der Waals surface area contributed by atoms with E-state index in [0.717, 1.165) is 41.1 Å². The number of anilines is 2. The highest BCUT2D eigenvalue weighted by atomic mass is 79.9. The van der Waals surface area contributed by atoms with E-state index >= 15 is 0 Å². The van der Waals surface area contributed by atoms with Crippen molar-refractivity contribution >= 4 is 27.7 Å². The number of aromatic nitrogens is 2. The number of halogens is 1. The Morgan fingerprint density at radius 1 is 1.26 bits per heavy atom. The van der Waals surface area contributed by atoms with Gasteiger partial charge in [-0.2, -0.15) is 4.98 Å². The van der Waals surface area contributed by atoms with Gasteiger partial charge in [0.2, 0.25) is 5.95 Å². The molecule has 1 heterocycles. The Morgan fingerprint density at radius 3 is 2.53 bits per heavy atom. The van der Waals surface area contributed by atoms with Crippen LogP contribution in [0.15, 0.2) is 10.7 Å². The van der Waals surface area contributed by atoms with Crippen LogP contribution in [0.5, 0.6) is 0 Å². The molecule has 0 amide bonds. The second kappa shape index (κ2) is 5.65. The number of rotatable bonds is 7. The lowest BCUT2D eigenvalue weighted by Gasteiger charge is -2.17. The third-order valence-corrected chi connectivity index (χ3v) is 4.62. The molecule has 0 unspecified atom stereocenters. The topological polar surface area (TPSA) is 49.8 Å². The average molecular weight is 325 g/mol. The van der Waals surface area contributed by atoms with Gasteiger partial charge in [0.1, 0.15) is 5.82 Å². The van der Waals surface area contributed by atoms with Crippen molar-refractivity contribution in [3.05, 3.63) is 10.7 Å². The molecular formula is C14H21BrN4. The predicted molar refractivity (Wildman–Crippen MR) is 81.3 cm³/mol. The van der Waals surface area contributed by atoms with Crippen molar-refractivity contribution in [3.63, 3.8) is 0 Å². The lowest BCUT2D eigenvalue weighted by atomic mass is 9.98. The van der Waals surface area contributed by atoms with Gasteiger partial charge in [0, 0.05) is 19.3 Å². The summed E-state index contributed by atoms with van der Waals surface area (Å²) < 4.78 is 0.944. The van der Waals surface area contributed by atoms with E-state index in [9.17, 15) is 0 Å². The van der Waals surface area contributed by atoms with Gasteiger partial charge in [-0.1, -0.05) is 0 Å². The van der Waals surface area contributed by atoms with Gasteiger partial charge in [0.25, 0.3) is 0 Å². The van der Waals surface area contributed by atoms with E-state index in [-0.39, 0.29) is 0 Å². The fraction of sp³-hybridized carbons (Fsp3) is 0.714. The van der Waals surface area contributed by atoms with Crippen LogP contribution in [0.2, 0.25) is 0 Å². The molecule has 19 heavy (non-hydrogen) atoms. The molecule has 4 nitrogen and oxygen atoms in total. The molecule has 2 aliphatic carbocycles. The van der Waals surface area contributed by atoms with Crippen LogP contribution in [-0.2, 0) is 0 Å². The molecule has 0 aromatic carbocycles. The van der Waals surface area contributed by atoms with Crippen LogP contribution in [0, 0.1) is 17.8 Å². The van der Waals surface area contributed by atoms with Crippen molar-refractivity contribution < 1.29 is 0 Å². The Bertz CT molecular complexity index is 431. The Morgan fingerprint density at radius 2 is 1.95 bits per heavy atom. The highest BCUT2D eigenvalue weighted by Gasteiger charge is 2.41. The Hall–Kier alpha value is -0.840. The first-order valence-electron chi connectivity index (χ1n) is 7.28. The zero-order valence-corrected chi connectivity index (χ0v) is 12.9. The van der Waals surface area contributed by atoms with Crippen molar-refractivity contribution in [3.8, 4) is 0 Å². The summed E-state index contributed by atoms with van der Waals surface area (Å²) in [5, 5.41) is 6.67. The summed E-state index contributed by atoms with van der Waals surface area (Å²) in [6.45, 7) is 3.94. The molecule has 2 saturated carbocycles. The molecule has 3 rings (SSSR count). The Balaban J connectivity index is 1.62. The first-order chi connectivity index (χ1) is 9.28. The van der Waals surface area contributed by atoms with Crippen LogP contribution in [-0.4, -0.2) is 23.1 Å². The number of nitrogens with one attached hydrogen (secondary N) is 2. The minimum absolute atomic E-state index is 0.697. The first kappa shape index (κ1) is 13.2. The smallest absolute Gasteiger partial charge is 0.224 e. The van der Waals surface area contributed by atoms with Gasteiger partial charge in [-0.15, -0.1) is 0 Å². The van der Waals surface area contributed by atoms with Crippen molar-refractivity contribution in [2.45, 2.75) is 32.6 Å². The molecule has 104 valence electrons. The van der Waals surface area contributed by atoms with E-state index in [1.165, 1.54) is 25.7 Å². The van der Waals surface area contributed by atoms with Crippen LogP contribution in [0.4, 0.5) is 11.8 Å². The number of hydrogen-bond acceptors (Lipinski definition) is 4. The van der Waals surface area contributed by atoms with Crippen molar-refractivity contribution in [2.75, 3.05) is 23.7 Å². The van der Waals surface area contributed by atoms with Crippen molar-refractivity contribution in [1.29, 1.82) is 0 Å². The van der Waals surface area contributed by atoms with Crippen LogP contribution in [0.3, 0.4) is 0 Å². The zero-order valence-electron chi connectivity index (χ0n) is 11.3. The van der Waals surface area contributed by atoms with E-state index in [4.69, 9.17) is 0 Å². The largest absolute Gasteiger partial charge is 0.369 e. The third-order valence-electron chi connectivity index (χ3n) is 4.04. The van der Waals surface area contributed by atoms with Crippen molar-refractivity contribution in [2.24, 2.45) is 17.8 Å². The lowest BCUT2D eigenvalue weighted by Crippen LogP contribution is -2.19. The Kier molecular flexibility index (Phi) is 3.91. The maximum Gasteiger partial charge on any atom is 0.224 e. The molecule has 1 aromatic heterocycles. The molecule has 1 aromatic rings. The minimum atomic E-state index is 0.697. The van der Waals surface area contributed by atoms with Gasteiger partial charge in [0.05, 0.1) is 4.47 Å². The minimum Gasteiger partial charge on any atom is -0.369 e. The summed E-state index contributed by atoms with van der Waals surface area (Å²) in [6.07, 6.45) is 7.52.